The fourth-order valence-electron chi connectivity index (χ4n) is 4.36. The predicted molar refractivity (Wildman–Crippen MR) is 165 cm³/mol. The number of aliphatic carboxylic acids is 1. The van der Waals surface area contributed by atoms with Crippen LogP contribution in [0.25, 0.3) is 22.5 Å². The number of non-ortho nitro benzene ring substituents is 1. The number of ether oxygens (including phenoxy) is 1. The van der Waals surface area contributed by atoms with Crippen molar-refractivity contribution in [3.63, 3.8) is 0 Å². The van der Waals surface area contributed by atoms with Gasteiger partial charge in [0, 0.05) is 23.3 Å². The molecule has 0 radical (unpaired) electrons. The normalized spacial score (nSPS) is 11.4. The van der Waals surface area contributed by atoms with E-state index in [1.54, 1.807) is 36.4 Å². The standard InChI is InChI=1S/C31H30N2O7S.Li.H/c1-20-6-3-4-9-25(20)27-16-21(10-12-26(27)30(34)32-28(31(35)36)14-15-41-2)18-39-19-24-11-13-29(40-24)22-7-5-8-23(17-22)33(37)38;;/h3-13,16-17,28H,14-15,18-19H2,1-2H3,(H,32,34)(H,35,36);;/t28-;;/m0../s1. The Balaban J connectivity index is 0.00000484. The summed E-state index contributed by atoms with van der Waals surface area (Å²) in [5.41, 5.74) is 4.30. The second kappa shape index (κ2) is 15.4. The van der Waals surface area contributed by atoms with E-state index in [0.717, 1.165) is 16.7 Å². The number of nitrogens with one attached hydrogen (secondary N) is 1. The number of carboxylic acids is 1. The summed E-state index contributed by atoms with van der Waals surface area (Å²) in [6.07, 6.45) is 2.21. The van der Waals surface area contributed by atoms with Gasteiger partial charge in [-0.2, -0.15) is 11.8 Å². The Morgan fingerprint density at radius 3 is 2.52 bits per heavy atom. The number of amides is 1. The summed E-state index contributed by atoms with van der Waals surface area (Å²) >= 11 is 1.52. The predicted octanol–water partition coefficient (Wildman–Crippen LogP) is 5.83. The van der Waals surface area contributed by atoms with E-state index in [1.807, 2.05) is 43.5 Å². The molecule has 1 amide bonds. The zero-order valence-corrected chi connectivity index (χ0v) is 23.5. The Bertz CT molecular complexity index is 1560. The van der Waals surface area contributed by atoms with E-state index in [4.69, 9.17) is 9.15 Å². The van der Waals surface area contributed by atoms with Gasteiger partial charge in [0.05, 0.1) is 11.5 Å². The van der Waals surface area contributed by atoms with Crippen molar-refractivity contribution in [3.05, 3.63) is 111 Å². The number of nitro groups is 1. The maximum absolute atomic E-state index is 13.3. The first kappa shape index (κ1) is 32.7. The van der Waals surface area contributed by atoms with Crippen molar-refractivity contribution < 1.29 is 28.8 Å². The number of thioether (sulfide) groups is 1. The van der Waals surface area contributed by atoms with Gasteiger partial charge in [-0.1, -0.05) is 42.5 Å². The fraction of sp³-hybridized carbons (Fsp3) is 0.226. The molecule has 0 unspecified atom stereocenters. The molecule has 4 aromatic rings. The molecule has 0 saturated carbocycles. The molecule has 3 aromatic carbocycles. The number of benzene rings is 3. The van der Waals surface area contributed by atoms with Gasteiger partial charge in [-0.15, -0.1) is 0 Å². The Kier molecular flexibility index (Phi) is 12.0. The molecule has 1 atom stereocenters. The summed E-state index contributed by atoms with van der Waals surface area (Å²) in [4.78, 5) is 35.6. The molecule has 0 bridgehead atoms. The number of carbonyl (C=O) groups is 2. The van der Waals surface area contributed by atoms with Crippen LogP contribution in [0.2, 0.25) is 0 Å². The van der Waals surface area contributed by atoms with E-state index in [0.29, 0.717) is 40.4 Å². The van der Waals surface area contributed by atoms with Gasteiger partial charge in [0.1, 0.15) is 24.2 Å². The van der Waals surface area contributed by atoms with Gasteiger partial charge < -0.3 is 19.6 Å². The molecule has 1 heterocycles. The molecule has 0 aliphatic rings. The van der Waals surface area contributed by atoms with Crippen molar-refractivity contribution >= 4 is 48.2 Å². The third-order valence-electron chi connectivity index (χ3n) is 6.49. The summed E-state index contributed by atoms with van der Waals surface area (Å²) < 4.78 is 11.7. The third kappa shape index (κ3) is 8.36. The molecule has 0 aliphatic heterocycles. The van der Waals surface area contributed by atoms with Gasteiger partial charge >= 0.3 is 24.8 Å². The molecule has 0 spiro atoms. The van der Waals surface area contributed by atoms with Gasteiger partial charge in [0.2, 0.25) is 0 Å². The minimum absolute atomic E-state index is 0. The van der Waals surface area contributed by atoms with Crippen molar-refractivity contribution in [2.45, 2.75) is 32.6 Å². The number of nitrogens with zero attached hydrogens (tertiary/aromatic N) is 1. The van der Waals surface area contributed by atoms with E-state index >= 15 is 0 Å². The Morgan fingerprint density at radius 2 is 1.81 bits per heavy atom. The van der Waals surface area contributed by atoms with E-state index < -0.39 is 22.8 Å². The van der Waals surface area contributed by atoms with E-state index in [1.165, 1.54) is 23.9 Å². The van der Waals surface area contributed by atoms with Crippen LogP contribution < -0.4 is 5.32 Å². The monoisotopic (exact) mass is 582 g/mol. The average molecular weight is 583 g/mol. The molecule has 0 aliphatic carbocycles. The van der Waals surface area contributed by atoms with Crippen LogP contribution in [0.1, 0.15) is 33.7 Å². The Labute approximate surface area is 260 Å². The van der Waals surface area contributed by atoms with E-state index in [2.05, 4.69) is 5.32 Å². The zero-order valence-electron chi connectivity index (χ0n) is 22.7. The molecular formula is C31H31LiN2O7S. The summed E-state index contributed by atoms with van der Waals surface area (Å²) in [6, 6.07) is 21.8. The molecule has 9 nitrogen and oxygen atoms in total. The van der Waals surface area contributed by atoms with Crippen molar-refractivity contribution in [3.8, 4) is 22.5 Å². The number of nitro benzene ring substituents is 1. The average Bonchev–Trinajstić information content (AvgIpc) is 3.44. The van der Waals surface area contributed by atoms with Crippen LogP contribution in [0.5, 0.6) is 0 Å². The Morgan fingerprint density at radius 1 is 1.02 bits per heavy atom. The second-order valence-electron chi connectivity index (χ2n) is 9.41. The SMILES string of the molecule is CSCC[C@H](NC(=O)c1ccc(COCc2ccc(-c3cccc([N+](=O)[O-])c3)o2)cc1-c1ccccc1C)C(=O)O.[LiH]. The van der Waals surface area contributed by atoms with Gasteiger partial charge in [0.25, 0.3) is 11.6 Å². The van der Waals surface area contributed by atoms with Crippen LogP contribution in [0, 0.1) is 17.0 Å². The topological polar surface area (TPSA) is 132 Å². The fourth-order valence-corrected chi connectivity index (χ4v) is 4.83. The van der Waals surface area contributed by atoms with Crippen LogP contribution in [-0.4, -0.2) is 58.8 Å². The van der Waals surface area contributed by atoms with Gasteiger partial charge in [-0.3, -0.25) is 14.9 Å². The quantitative estimate of drug-likeness (QED) is 0.114. The molecule has 2 N–H and O–H groups in total. The summed E-state index contributed by atoms with van der Waals surface area (Å²) in [6.45, 7) is 2.36. The van der Waals surface area contributed by atoms with Crippen molar-refractivity contribution in [1.82, 2.24) is 5.32 Å². The van der Waals surface area contributed by atoms with Gasteiger partial charge in [-0.25, -0.2) is 4.79 Å². The molecule has 0 fully saturated rings. The summed E-state index contributed by atoms with van der Waals surface area (Å²) in [5, 5.41) is 23.3. The number of rotatable bonds is 13. The molecular weight excluding hydrogens is 551 g/mol. The molecule has 214 valence electrons. The van der Waals surface area contributed by atoms with Crippen LogP contribution in [-0.2, 0) is 22.7 Å². The molecule has 11 heteroatoms. The van der Waals surface area contributed by atoms with Gasteiger partial charge in [-0.05, 0) is 71.9 Å². The van der Waals surface area contributed by atoms with Gasteiger partial charge in [0.15, 0.2) is 0 Å². The van der Waals surface area contributed by atoms with Crippen molar-refractivity contribution in [1.29, 1.82) is 0 Å². The number of carboxylic acid groups (broad SMARTS) is 1. The zero-order chi connectivity index (χ0) is 29.4. The van der Waals surface area contributed by atoms with Crippen LogP contribution >= 0.6 is 11.8 Å². The van der Waals surface area contributed by atoms with Crippen molar-refractivity contribution in [2.24, 2.45) is 0 Å². The molecule has 42 heavy (non-hydrogen) atoms. The van der Waals surface area contributed by atoms with Crippen LogP contribution in [0.4, 0.5) is 5.69 Å². The first-order chi connectivity index (χ1) is 19.8. The third-order valence-corrected chi connectivity index (χ3v) is 7.14. The summed E-state index contributed by atoms with van der Waals surface area (Å²) in [7, 11) is 0. The number of aryl methyl sites for hydroxylation is 1. The first-order valence-electron chi connectivity index (χ1n) is 12.9. The van der Waals surface area contributed by atoms with Crippen LogP contribution in [0.3, 0.4) is 0 Å². The molecule has 1 aromatic heterocycles. The second-order valence-corrected chi connectivity index (χ2v) is 10.4. The van der Waals surface area contributed by atoms with E-state index in [-0.39, 0.29) is 37.8 Å². The maximum atomic E-state index is 13.3. The number of furan rings is 1. The number of carbonyl (C=O) groups excluding carboxylic acids is 1. The minimum atomic E-state index is -1.07. The molecule has 4 rings (SSSR count). The number of hydrogen-bond acceptors (Lipinski definition) is 7. The van der Waals surface area contributed by atoms with Crippen molar-refractivity contribution in [2.75, 3.05) is 12.0 Å². The number of hydrogen-bond donors (Lipinski definition) is 2. The van der Waals surface area contributed by atoms with Crippen LogP contribution in [0.15, 0.2) is 83.3 Å². The Hall–Kier alpha value is -3.81. The molecule has 0 saturated heterocycles. The van der Waals surface area contributed by atoms with E-state index in [9.17, 15) is 24.8 Å². The first-order valence-corrected chi connectivity index (χ1v) is 14.3. The summed E-state index contributed by atoms with van der Waals surface area (Å²) in [5.74, 6) is 0.156.